The van der Waals surface area contributed by atoms with Gasteiger partial charge in [0, 0.05) is 33.0 Å². The fraction of sp³-hybridized carbons (Fsp3) is 0.889. The molecule has 6 N–H and O–H groups in total. The summed E-state index contributed by atoms with van der Waals surface area (Å²) in [5, 5.41) is 37.9. The SMILES string of the molecule is CC(=O)OCC1O[C@@H](OCCCCCC(=O)N(CCO)CCO)[C@@H](N)C(O)[C@H]1O. The van der Waals surface area contributed by atoms with Gasteiger partial charge in [0.2, 0.25) is 5.91 Å². The van der Waals surface area contributed by atoms with Crippen molar-refractivity contribution in [1.29, 1.82) is 0 Å². The summed E-state index contributed by atoms with van der Waals surface area (Å²) in [7, 11) is 0. The summed E-state index contributed by atoms with van der Waals surface area (Å²) in [5.74, 6) is -0.661. The van der Waals surface area contributed by atoms with Crippen LogP contribution in [-0.4, -0.2) is 107 Å². The summed E-state index contributed by atoms with van der Waals surface area (Å²) in [6.45, 7) is 1.36. The highest BCUT2D eigenvalue weighted by Gasteiger charge is 2.43. The second kappa shape index (κ2) is 13.8. The largest absolute Gasteiger partial charge is 0.463 e. The van der Waals surface area contributed by atoms with Crippen molar-refractivity contribution in [2.24, 2.45) is 5.73 Å². The summed E-state index contributed by atoms with van der Waals surface area (Å²) in [6.07, 6.45) is -2.25. The molecule has 0 spiro atoms. The molecule has 0 bridgehead atoms. The predicted octanol–water partition coefficient (Wildman–Crippen LogP) is -2.29. The number of hydrogen-bond donors (Lipinski definition) is 5. The van der Waals surface area contributed by atoms with Crippen LogP contribution in [0.1, 0.15) is 32.6 Å². The van der Waals surface area contributed by atoms with Gasteiger partial charge in [-0.05, 0) is 12.8 Å². The van der Waals surface area contributed by atoms with Crippen LogP contribution in [0, 0.1) is 0 Å². The zero-order valence-corrected chi connectivity index (χ0v) is 16.8. The van der Waals surface area contributed by atoms with Gasteiger partial charge in [-0.1, -0.05) is 6.42 Å². The average molecular weight is 422 g/mol. The lowest BCUT2D eigenvalue weighted by Gasteiger charge is -2.40. The van der Waals surface area contributed by atoms with E-state index in [1.807, 2.05) is 0 Å². The number of unbranched alkanes of at least 4 members (excludes halogenated alkanes) is 2. The Hall–Kier alpha value is -1.34. The first-order valence-corrected chi connectivity index (χ1v) is 9.83. The Kier molecular flexibility index (Phi) is 12.2. The Bertz CT molecular complexity index is 488. The monoisotopic (exact) mass is 422 g/mol. The number of esters is 1. The molecule has 0 radical (unpaired) electrons. The second-order valence-corrected chi connectivity index (χ2v) is 6.91. The van der Waals surface area contributed by atoms with E-state index in [9.17, 15) is 19.8 Å². The fourth-order valence-corrected chi connectivity index (χ4v) is 2.96. The number of nitrogens with zero attached hydrogens (tertiary/aromatic N) is 1. The Balaban J connectivity index is 2.31. The summed E-state index contributed by atoms with van der Waals surface area (Å²) in [6, 6.07) is -0.953. The van der Waals surface area contributed by atoms with Crippen LogP contribution in [0.4, 0.5) is 0 Å². The molecule has 1 heterocycles. The Morgan fingerprint density at radius 2 is 1.72 bits per heavy atom. The van der Waals surface area contributed by atoms with Gasteiger partial charge in [-0.15, -0.1) is 0 Å². The maximum atomic E-state index is 12.0. The van der Waals surface area contributed by atoms with Crippen molar-refractivity contribution in [3.8, 4) is 0 Å². The summed E-state index contributed by atoms with van der Waals surface area (Å²) in [5.41, 5.74) is 5.84. The minimum absolute atomic E-state index is 0.128. The molecule has 1 aliphatic rings. The highest BCUT2D eigenvalue weighted by Crippen LogP contribution is 2.21. The van der Waals surface area contributed by atoms with Crippen molar-refractivity contribution in [2.75, 3.05) is 39.5 Å². The molecule has 11 heteroatoms. The van der Waals surface area contributed by atoms with E-state index in [0.717, 1.165) is 0 Å². The fourth-order valence-electron chi connectivity index (χ4n) is 2.96. The number of carbonyl (C=O) groups excluding carboxylic acids is 2. The number of amides is 1. The van der Waals surface area contributed by atoms with Gasteiger partial charge in [-0.2, -0.15) is 0 Å². The van der Waals surface area contributed by atoms with Crippen molar-refractivity contribution in [2.45, 2.75) is 63.3 Å². The van der Waals surface area contributed by atoms with Crippen molar-refractivity contribution in [3.05, 3.63) is 0 Å². The molecule has 0 saturated carbocycles. The molecule has 1 aliphatic heterocycles. The van der Waals surface area contributed by atoms with E-state index in [1.54, 1.807) is 0 Å². The first-order chi connectivity index (χ1) is 13.8. The zero-order chi connectivity index (χ0) is 21.8. The maximum absolute atomic E-state index is 12.0. The van der Waals surface area contributed by atoms with Gasteiger partial charge in [0.15, 0.2) is 6.29 Å². The first kappa shape index (κ1) is 25.7. The quantitative estimate of drug-likeness (QED) is 0.161. The van der Waals surface area contributed by atoms with Gasteiger partial charge in [-0.25, -0.2) is 0 Å². The number of ether oxygens (including phenoxy) is 3. The summed E-state index contributed by atoms with van der Waals surface area (Å²) >= 11 is 0. The van der Waals surface area contributed by atoms with Crippen LogP contribution in [-0.2, 0) is 23.8 Å². The molecule has 5 atom stereocenters. The molecule has 11 nitrogen and oxygen atoms in total. The van der Waals surface area contributed by atoms with Crippen molar-refractivity contribution in [3.63, 3.8) is 0 Å². The molecular weight excluding hydrogens is 388 g/mol. The third-order valence-electron chi connectivity index (χ3n) is 4.61. The molecule has 0 aliphatic carbocycles. The van der Waals surface area contributed by atoms with E-state index < -0.39 is 36.6 Å². The van der Waals surface area contributed by atoms with Gasteiger partial charge in [0.1, 0.15) is 24.9 Å². The molecule has 0 aromatic heterocycles. The van der Waals surface area contributed by atoms with E-state index in [2.05, 4.69) is 0 Å². The maximum Gasteiger partial charge on any atom is 0.302 e. The van der Waals surface area contributed by atoms with Crippen molar-refractivity contribution >= 4 is 11.9 Å². The lowest BCUT2D eigenvalue weighted by molar-refractivity contribution is -0.267. The number of hydrogen-bond acceptors (Lipinski definition) is 10. The number of nitrogens with two attached hydrogens (primary N) is 1. The van der Waals surface area contributed by atoms with Crippen LogP contribution in [0.3, 0.4) is 0 Å². The topological polar surface area (TPSA) is 172 Å². The molecule has 0 aromatic rings. The normalized spacial score (nSPS) is 26.9. The van der Waals surface area contributed by atoms with Crippen LogP contribution in [0.5, 0.6) is 0 Å². The van der Waals surface area contributed by atoms with Gasteiger partial charge < -0.3 is 45.3 Å². The highest BCUT2D eigenvalue weighted by atomic mass is 16.7. The molecule has 170 valence electrons. The Morgan fingerprint density at radius 3 is 2.31 bits per heavy atom. The number of rotatable bonds is 13. The van der Waals surface area contributed by atoms with E-state index in [-0.39, 0.29) is 45.4 Å². The Labute approximate surface area is 170 Å². The third-order valence-corrected chi connectivity index (χ3v) is 4.61. The molecule has 29 heavy (non-hydrogen) atoms. The molecule has 1 fully saturated rings. The van der Waals surface area contributed by atoms with Gasteiger partial charge >= 0.3 is 5.97 Å². The molecule has 1 rings (SSSR count). The second-order valence-electron chi connectivity index (χ2n) is 6.91. The third kappa shape index (κ3) is 8.91. The van der Waals surface area contributed by atoms with E-state index in [0.29, 0.717) is 25.7 Å². The van der Waals surface area contributed by atoms with Gasteiger partial charge in [0.25, 0.3) is 0 Å². The predicted molar refractivity (Wildman–Crippen MR) is 100 cm³/mol. The minimum Gasteiger partial charge on any atom is -0.463 e. The van der Waals surface area contributed by atoms with Gasteiger partial charge in [-0.3, -0.25) is 9.59 Å². The standard InChI is InChI=1S/C18H34N2O9/c1-12(23)28-11-13-16(25)17(26)15(19)18(29-13)27-10-4-2-3-5-14(24)20(6-8-21)7-9-22/h13,15-18,21-22,25-26H,2-11,19H2,1H3/t13?,15-,16-,17?,18+/m0/s1. The lowest BCUT2D eigenvalue weighted by Crippen LogP contribution is -2.62. The smallest absolute Gasteiger partial charge is 0.302 e. The lowest BCUT2D eigenvalue weighted by atomic mass is 9.98. The van der Waals surface area contributed by atoms with Crippen molar-refractivity contribution in [1.82, 2.24) is 4.90 Å². The van der Waals surface area contributed by atoms with Crippen molar-refractivity contribution < 1.29 is 44.2 Å². The Morgan fingerprint density at radius 1 is 1.07 bits per heavy atom. The molecule has 1 amide bonds. The minimum atomic E-state index is -1.30. The first-order valence-electron chi connectivity index (χ1n) is 9.83. The molecule has 2 unspecified atom stereocenters. The van der Waals surface area contributed by atoms with E-state index in [4.69, 9.17) is 30.2 Å². The summed E-state index contributed by atoms with van der Waals surface area (Å²) in [4.78, 5) is 24.4. The average Bonchev–Trinajstić information content (AvgIpc) is 2.69. The number of aliphatic hydroxyl groups excluding tert-OH is 4. The van der Waals surface area contributed by atoms with Crippen LogP contribution in [0.25, 0.3) is 0 Å². The van der Waals surface area contributed by atoms with Crippen LogP contribution in [0.15, 0.2) is 0 Å². The molecule has 0 aromatic carbocycles. The van der Waals surface area contributed by atoms with Crippen LogP contribution >= 0.6 is 0 Å². The number of carbonyl (C=O) groups is 2. The summed E-state index contributed by atoms with van der Waals surface area (Å²) < 4.78 is 15.9. The highest BCUT2D eigenvalue weighted by molar-refractivity contribution is 5.76. The van der Waals surface area contributed by atoms with E-state index in [1.165, 1.54) is 11.8 Å². The zero-order valence-electron chi connectivity index (χ0n) is 16.8. The molecule has 1 saturated heterocycles. The van der Waals surface area contributed by atoms with E-state index >= 15 is 0 Å². The van der Waals surface area contributed by atoms with Gasteiger partial charge in [0.05, 0.1) is 19.3 Å². The van der Waals surface area contributed by atoms with Crippen LogP contribution in [0.2, 0.25) is 0 Å². The van der Waals surface area contributed by atoms with Crippen LogP contribution < -0.4 is 5.73 Å². The number of aliphatic hydroxyl groups is 4. The molecular formula is C18H34N2O9.